The lowest BCUT2D eigenvalue weighted by molar-refractivity contribution is -0.385. The number of hydrogen-bond acceptors (Lipinski definition) is 7. The molecule has 0 radical (unpaired) electrons. The quantitative estimate of drug-likeness (QED) is 0.432. The van der Waals surface area contributed by atoms with Crippen LogP contribution < -0.4 is 10.1 Å². The van der Waals surface area contributed by atoms with E-state index < -0.39 is 10.9 Å². The number of hydrogen-bond donors (Lipinski definition) is 1. The van der Waals surface area contributed by atoms with E-state index in [4.69, 9.17) is 4.74 Å². The molecule has 1 atom stereocenters. The van der Waals surface area contributed by atoms with Gasteiger partial charge in [-0.05, 0) is 44.1 Å². The van der Waals surface area contributed by atoms with Crippen LogP contribution in [0.3, 0.4) is 0 Å². The summed E-state index contributed by atoms with van der Waals surface area (Å²) in [6, 6.07) is 4.85. The lowest BCUT2D eigenvalue weighted by Gasteiger charge is -2.16. The zero-order chi connectivity index (χ0) is 17.5. The molecule has 2 rings (SSSR count). The fourth-order valence-corrected chi connectivity index (χ4v) is 2.89. The Hall–Kier alpha value is -2.19. The van der Waals surface area contributed by atoms with E-state index in [1.54, 1.807) is 6.07 Å². The van der Waals surface area contributed by atoms with Crippen molar-refractivity contribution in [3.05, 3.63) is 33.9 Å². The Morgan fingerprint density at radius 1 is 1.50 bits per heavy atom. The molecule has 1 N–H and O–H groups in total. The SMILES string of the molecule is CNCC1CCN(Cc2ccc(OCC(=O)OC)c([N+](=O)[O-])c2)C1. The van der Waals surface area contributed by atoms with Crippen LogP contribution >= 0.6 is 0 Å². The summed E-state index contributed by atoms with van der Waals surface area (Å²) in [5.74, 6) is 0.109. The van der Waals surface area contributed by atoms with Crippen molar-refractivity contribution >= 4 is 11.7 Å². The molecule has 1 aromatic carbocycles. The van der Waals surface area contributed by atoms with Gasteiger partial charge in [0.1, 0.15) is 0 Å². The summed E-state index contributed by atoms with van der Waals surface area (Å²) >= 11 is 0. The predicted octanol–water partition coefficient (Wildman–Crippen LogP) is 1.19. The first-order chi connectivity index (χ1) is 11.5. The van der Waals surface area contributed by atoms with Crippen molar-refractivity contribution in [2.75, 3.05) is 40.4 Å². The first kappa shape index (κ1) is 18.2. The molecule has 0 aromatic heterocycles. The van der Waals surface area contributed by atoms with Crippen molar-refractivity contribution in [3.8, 4) is 5.75 Å². The highest BCUT2D eigenvalue weighted by molar-refractivity contribution is 5.71. The van der Waals surface area contributed by atoms with Crippen molar-refractivity contribution in [2.45, 2.75) is 13.0 Å². The van der Waals surface area contributed by atoms with Gasteiger partial charge in [-0.1, -0.05) is 6.07 Å². The van der Waals surface area contributed by atoms with E-state index in [0.717, 1.165) is 31.6 Å². The lowest BCUT2D eigenvalue weighted by Crippen LogP contribution is -2.24. The van der Waals surface area contributed by atoms with E-state index in [1.165, 1.54) is 19.2 Å². The second kappa shape index (κ2) is 8.60. The molecule has 1 fully saturated rings. The van der Waals surface area contributed by atoms with Gasteiger partial charge in [0, 0.05) is 19.2 Å². The summed E-state index contributed by atoms with van der Waals surface area (Å²) in [6.07, 6.45) is 1.13. The fourth-order valence-electron chi connectivity index (χ4n) is 2.89. The second-order valence-electron chi connectivity index (χ2n) is 5.87. The van der Waals surface area contributed by atoms with Crippen LogP contribution in [0.2, 0.25) is 0 Å². The van der Waals surface area contributed by atoms with Gasteiger partial charge in [0.15, 0.2) is 12.4 Å². The van der Waals surface area contributed by atoms with Crippen molar-refractivity contribution in [3.63, 3.8) is 0 Å². The zero-order valence-electron chi connectivity index (χ0n) is 14.0. The first-order valence-electron chi connectivity index (χ1n) is 7.87. The molecule has 0 spiro atoms. The molecule has 8 heteroatoms. The molecule has 1 aliphatic rings. The van der Waals surface area contributed by atoms with Crippen molar-refractivity contribution in [1.82, 2.24) is 10.2 Å². The molecular formula is C16H23N3O5. The topological polar surface area (TPSA) is 93.9 Å². The van der Waals surface area contributed by atoms with E-state index in [0.29, 0.717) is 12.5 Å². The van der Waals surface area contributed by atoms with E-state index in [-0.39, 0.29) is 18.0 Å². The largest absolute Gasteiger partial charge is 0.475 e. The van der Waals surface area contributed by atoms with Crippen LogP contribution in [0.25, 0.3) is 0 Å². The Kier molecular flexibility index (Phi) is 6.51. The van der Waals surface area contributed by atoms with E-state index in [2.05, 4.69) is 15.0 Å². The number of carbonyl (C=O) groups excluding carboxylic acids is 1. The third kappa shape index (κ3) is 4.90. The van der Waals surface area contributed by atoms with Gasteiger partial charge in [-0.25, -0.2) is 4.79 Å². The normalized spacial score (nSPS) is 17.7. The number of nitro groups is 1. The minimum atomic E-state index is -0.582. The molecular weight excluding hydrogens is 314 g/mol. The molecule has 0 amide bonds. The average molecular weight is 337 g/mol. The monoisotopic (exact) mass is 337 g/mol. The molecule has 1 saturated heterocycles. The Labute approximate surface area is 140 Å². The standard InChI is InChI=1S/C16H23N3O5/c1-17-8-13-5-6-18(10-13)9-12-3-4-15(14(7-12)19(21)22)24-11-16(20)23-2/h3-4,7,13,17H,5-6,8-11H2,1-2H3. The van der Waals surface area contributed by atoms with Gasteiger partial charge >= 0.3 is 11.7 Å². The number of likely N-dealkylation sites (tertiary alicyclic amines) is 1. The van der Waals surface area contributed by atoms with E-state index >= 15 is 0 Å². The third-order valence-electron chi connectivity index (χ3n) is 4.06. The number of nitro benzene ring substituents is 1. The number of nitrogens with one attached hydrogen (secondary N) is 1. The highest BCUT2D eigenvalue weighted by atomic mass is 16.6. The summed E-state index contributed by atoms with van der Waals surface area (Å²) < 4.78 is 9.66. The molecule has 8 nitrogen and oxygen atoms in total. The van der Waals surface area contributed by atoms with Crippen LogP contribution in [-0.4, -0.2) is 56.2 Å². The molecule has 1 heterocycles. The van der Waals surface area contributed by atoms with Gasteiger partial charge in [0.05, 0.1) is 12.0 Å². The minimum Gasteiger partial charge on any atom is -0.475 e. The summed E-state index contributed by atoms with van der Waals surface area (Å²) in [5.41, 5.74) is 0.722. The van der Waals surface area contributed by atoms with Crippen LogP contribution in [0.5, 0.6) is 5.75 Å². The van der Waals surface area contributed by atoms with Crippen LogP contribution in [0.4, 0.5) is 5.69 Å². The molecule has 132 valence electrons. The lowest BCUT2D eigenvalue weighted by atomic mass is 10.1. The maximum absolute atomic E-state index is 11.3. The average Bonchev–Trinajstić information content (AvgIpc) is 3.00. The number of esters is 1. The first-order valence-corrected chi connectivity index (χ1v) is 7.87. The summed E-state index contributed by atoms with van der Waals surface area (Å²) in [6.45, 7) is 3.26. The Morgan fingerprint density at radius 3 is 2.96 bits per heavy atom. The van der Waals surface area contributed by atoms with Gasteiger partial charge in [-0.3, -0.25) is 15.0 Å². The van der Waals surface area contributed by atoms with Crippen LogP contribution in [0, 0.1) is 16.0 Å². The molecule has 1 unspecified atom stereocenters. The number of ether oxygens (including phenoxy) is 2. The zero-order valence-corrected chi connectivity index (χ0v) is 14.0. The van der Waals surface area contributed by atoms with Gasteiger partial charge in [-0.15, -0.1) is 0 Å². The number of benzene rings is 1. The Balaban J connectivity index is 2.03. The minimum absolute atomic E-state index is 0.0728. The van der Waals surface area contributed by atoms with Gasteiger partial charge < -0.3 is 14.8 Å². The van der Waals surface area contributed by atoms with Gasteiger partial charge in [0.25, 0.3) is 0 Å². The Bertz CT molecular complexity index is 593. The van der Waals surface area contributed by atoms with E-state index in [9.17, 15) is 14.9 Å². The van der Waals surface area contributed by atoms with Gasteiger partial charge in [-0.2, -0.15) is 0 Å². The van der Waals surface area contributed by atoms with Crippen LogP contribution in [0.15, 0.2) is 18.2 Å². The smallest absolute Gasteiger partial charge is 0.343 e. The second-order valence-corrected chi connectivity index (χ2v) is 5.87. The van der Waals surface area contributed by atoms with Crippen LogP contribution in [0.1, 0.15) is 12.0 Å². The summed E-state index contributed by atoms with van der Waals surface area (Å²) in [5, 5.41) is 14.4. The molecule has 24 heavy (non-hydrogen) atoms. The van der Waals surface area contributed by atoms with Crippen LogP contribution in [-0.2, 0) is 16.1 Å². The van der Waals surface area contributed by atoms with E-state index in [1.807, 2.05) is 7.05 Å². The fraction of sp³-hybridized carbons (Fsp3) is 0.562. The molecule has 0 bridgehead atoms. The molecule has 0 saturated carbocycles. The molecule has 1 aliphatic heterocycles. The predicted molar refractivity (Wildman–Crippen MR) is 87.9 cm³/mol. The highest BCUT2D eigenvalue weighted by Gasteiger charge is 2.23. The molecule has 0 aliphatic carbocycles. The highest BCUT2D eigenvalue weighted by Crippen LogP contribution is 2.29. The summed E-state index contributed by atoms with van der Waals surface area (Å²) in [7, 11) is 3.18. The number of carbonyl (C=O) groups is 1. The van der Waals surface area contributed by atoms with Crippen molar-refractivity contribution < 1.29 is 19.2 Å². The number of rotatable bonds is 8. The Morgan fingerprint density at radius 2 is 2.29 bits per heavy atom. The maximum Gasteiger partial charge on any atom is 0.343 e. The van der Waals surface area contributed by atoms with Gasteiger partial charge in [0.2, 0.25) is 0 Å². The summed E-state index contributed by atoms with van der Waals surface area (Å²) in [4.78, 5) is 24.2. The number of nitrogens with zero attached hydrogens (tertiary/aromatic N) is 2. The van der Waals surface area contributed by atoms with Crippen molar-refractivity contribution in [2.24, 2.45) is 5.92 Å². The number of methoxy groups -OCH3 is 1. The maximum atomic E-state index is 11.3. The third-order valence-corrected chi connectivity index (χ3v) is 4.06. The molecule has 1 aromatic rings. The van der Waals surface area contributed by atoms with Crippen molar-refractivity contribution in [1.29, 1.82) is 0 Å².